The third-order valence-electron chi connectivity index (χ3n) is 3.18. The Hall–Kier alpha value is -2.18. The van der Waals surface area contributed by atoms with E-state index in [4.69, 9.17) is 9.47 Å². The summed E-state index contributed by atoms with van der Waals surface area (Å²) in [5, 5.41) is 4.24. The van der Waals surface area contributed by atoms with Crippen LogP contribution in [0.1, 0.15) is 63.5 Å². The molecule has 0 aliphatic rings. The lowest BCUT2D eigenvalue weighted by molar-refractivity contribution is -0.144. The Morgan fingerprint density at radius 3 is 2.29 bits per heavy atom. The molecule has 0 amide bonds. The number of hydrogen-bond acceptors (Lipinski definition) is 6. The van der Waals surface area contributed by atoms with Crippen LogP contribution in [0, 0.1) is 5.92 Å². The lowest BCUT2D eigenvalue weighted by atomic mass is 10.0. The molecule has 0 saturated heterocycles. The molecule has 1 aromatic rings. The summed E-state index contributed by atoms with van der Waals surface area (Å²) in [6, 6.07) is 0. The van der Waals surface area contributed by atoms with Crippen LogP contribution in [0.5, 0.6) is 5.75 Å². The van der Waals surface area contributed by atoms with Gasteiger partial charge in [0.25, 0.3) is 5.56 Å². The van der Waals surface area contributed by atoms with E-state index in [1.54, 1.807) is 6.92 Å². The summed E-state index contributed by atoms with van der Waals surface area (Å²) in [7, 11) is 0. The molecule has 24 heavy (non-hydrogen) atoms. The van der Waals surface area contributed by atoms with Crippen molar-refractivity contribution in [3.63, 3.8) is 0 Å². The molecule has 0 spiro atoms. The number of aromatic nitrogens is 2. The summed E-state index contributed by atoms with van der Waals surface area (Å²) in [6.07, 6.45) is 0. The standard InChI is InChI=1S/C17H26N2O5/c1-7-23-13(21)8-19-17(22)14(12(6)20)16(24-9-10(2)3)15(18-19)11(4)5/h10-11H,7-9H2,1-6H3. The number of rotatable bonds is 8. The van der Waals surface area contributed by atoms with E-state index in [0.29, 0.717) is 12.3 Å². The Balaban J connectivity index is 3.48. The maximum Gasteiger partial charge on any atom is 0.327 e. The Morgan fingerprint density at radius 1 is 1.21 bits per heavy atom. The van der Waals surface area contributed by atoms with Crippen LogP contribution in [0.2, 0.25) is 0 Å². The van der Waals surface area contributed by atoms with E-state index in [1.165, 1.54) is 6.92 Å². The van der Waals surface area contributed by atoms with Gasteiger partial charge in [-0.15, -0.1) is 0 Å². The second-order valence-corrected chi connectivity index (χ2v) is 6.27. The molecule has 1 aromatic heterocycles. The van der Waals surface area contributed by atoms with Gasteiger partial charge in [0.1, 0.15) is 17.8 Å². The highest BCUT2D eigenvalue weighted by Crippen LogP contribution is 2.27. The summed E-state index contributed by atoms with van der Waals surface area (Å²) in [6.45, 7) is 10.9. The highest BCUT2D eigenvalue weighted by molar-refractivity contribution is 5.96. The normalized spacial score (nSPS) is 11.0. The zero-order valence-corrected chi connectivity index (χ0v) is 15.2. The highest BCUT2D eigenvalue weighted by Gasteiger charge is 2.25. The molecule has 0 unspecified atom stereocenters. The molecule has 1 heterocycles. The number of nitrogens with zero attached hydrogens (tertiary/aromatic N) is 2. The van der Waals surface area contributed by atoms with Gasteiger partial charge in [0.15, 0.2) is 11.5 Å². The Bertz CT molecular complexity index is 662. The first-order valence-electron chi connectivity index (χ1n) is 8.13. The van der Waals surface area contributed by atoms with Crippen LogP contribution in [0.25, 0.3) is 0 Å². The van der Waals surface area contributed by atoms with Crippen molar-refractivity contribution >= 4 is 11.8 Å². The molecule has 0 fully saturated rings. The largest absolute Gasteiger partial charge is 0.490 e. The molecule has 0 aliphatic carbocycles. The zero-order chi connectivity index (χ0) is 18.4. The van der Waals surface area contributed by atoms with Gasteiger partial charge in [-0.05, 0) is 19.8 Å². The molecule has 0 radical (unpaired) electrons. The van der Waals surface area contributed by atoms with E-state index in [0.717, 1.165) is 4.68 Å². The first kappa shape index (κ1) is 19.9. The molecule has 0 bridgehead atoms. The van der Waals surface area contributed by atoms with Gasteiger partial charge in [-0.3, -0.25) is 14.4 Å². The summed E-state index contributed by atoms with van der Waals surface area (Å²) in [4.78, 5) is 36.3. The summed E-state index contributed by atoms with van der Waals surface area (Å²) in [5.74, 6) is -0.629. The van der Waals surface area contributed by atoms with Crippen molar-refractivity contribution < 1.29 is 19.1 Å². The summed E-state index contributed by atoms with van der Waals surface area (Å²) in [5.41, 5.74) is -0.234. The number of carbonyl (C=O) groups is 2. The molecule has 0 aliphatic heterocycles. The Kier molecular flexibility index (Phi) is 7.13. The second-order valence-electron chi connectivity index (χ2n) is 6.27. The molecule has 0 aromatic carbocycles. The van der Waals surface area contributed by atoms with Crippen LogP contribution in [0.4, 0.5) is 0 Å². The van der Waals surface area contributed by atoms with Crippen LogP contribution >= 0.6 is 0 Å². The van der Waals surface area contributed by atoms with Gasteiger partial charge in [-0.2, -0.15) is 5.10 Å². The summed E-state index contributed by atoms with van der Waals surface area (Å²) >= 11 is 0. The lowest BCUT2D eigenvalue weighted by Gasteiger charge is -2.18. The maximum atomic E-state index is 12.6. The van der Waals surface area contributed by atoms with E-state index in [-0.39, 0.29) is 36.3 Å². The van der Waals surface area contributed by atoms with Gasteiger partial charge in [-0.25, -0.2) is 4.68 Å². The average Bonchev–Trinajstić information content (AvgIpc) is 2.46. The fraction of sp³-hybridized carbons (Fsp3) is 0.647. The minimum atomic E-state index is -0.640. The Morgan fingerprint density at radius 2 is 1.83 bits per heavy atom. The Labute approximate surface area is 142 Å². The van der Waals surface area contributed by atoms with Crippen molar-refractivity contribution in [1.82, 2.24) is 9.78 Å². The average molecular weight is 338 g/mol. The molecule has 1 rings (SSSR count). The van der Waals surface area contributed by atoms with Gasteiger partial charge in [0.05, 0.1) is 13.2 Å². The smallest absolute Gasteiger partial charge is 0.327 e. The molecule has 0 N–H and O–H groups in total. The third kappa shape index (κ3) is 4.91. The molecule has 0 saturated carbocycles. The topological polar surface area (TPSA) is 87.5 Å². The zero-order valence-electron chi connectivity index (χ0n) is 15.2. The second kappa shape index (κ2) is 8.61. The van der Waals surface area contributed by atoms with Crippen LogP contribution in [-0.2, 0) is 16.1 Å². The van der Waals surface area contributed by atoms with E-state index in [2.05, 4.69) is 5.10 Å². The first-order chi connectivity index (χ1) is 11.2. The van der Waals surface area contributed by atoms with Gasteiger partial charge >= 0.3 is 5.97 Å². The van der Waals surface area contributed by atoms with E-state index < -0.39 is 17.3 Å². The monoisotopic (exact) mass is 338 g/mol. The number of ketones is 1. The SMILES string of the molecule is CCOC(=O)Cn1nc(C(C)C)c(OCC(C)C)c(C(C)=O)c1=O. The van der Waals surface area contributed by atoms with Gasteiger partial charge in [0, 0.05) is 5.92 Å². The van der Waals surface area contributed by atoms with Crippen LogP contribution in [-0.4, -0.2) is 34.7 Å². The fourth-order valence-corrected chi connectivity index (χ4v) is 2.10. The van der Waals surface area contributed by atoms with Crippen LogP contribution in [0.15, 0.2) is 4.79 Å². The van der Waals surface area contributed by atoms with Gasteiger partial charge < -0.3 is 9.47 Å². The number of Topliss-reactive ketones (excluding diaryl/α,β-unsaturated/α-hetero) is 1. The fourth-order valence-electron chi connectivity index (χ4n) is 2.10. The van der Waals surface area contributed by atoms with Crippen LogP contribution in [0.3, 0.4) is 0 Å². The maximum absolute atomic E-state index is 12.6. The van der Waals surface area contributed by atoms with Gasteiger partial charge in [0.2, 0.25) is 0 Å². The predicted octanol–water partition coefficient (Wildman–Crippen LogP) is 2.17. The van der Waals surface area contributed by atoms with E-state index in [9.17, 15) is 14.4 Å². The first-order valence-corrected chi connectivity index (χ1v) is 8.13. The van der Waals surface area contributed by atoms with Crippen molar-refractivity contribution in [2.75, 3.05) is 13.2 Å². The molecular weight excluding hydrogens is 312 g/mol. The van der Waals surface area contributed by atoms with Gasteiger partial charge in [-0.1, -0.05) is 27.7 Å². The van der Waals surface area contributed by atoms with Crippen molar-refractivity contribution in [2.24, 2.45) is 5.92 Å². The molecular formula is C17H26N2O5. The predicted molar refractivity (Wildman–Crippen MR) is 89.6 cm³/mol. The third-order valence-corrected chi connectivity index (χ3v) is 3.18. The van der Waals surface area contributed by atoms with Crippen molar-refractivity contribution in [1.29, 1.82) is 0 Å². The summed E-state index contributed by atoms with van der Waals surface area (Å²) < 4.78 is 11.6. The number of esters is 1. The lowest BCUT2D eigenvalue weighted by Crippen LogP contribution is -2.33. The quantitative estimate of drug-likeness (QED) is 0.533. The number of ether oxygens (including phenoxy) is 2. The van der Waals surface area contributed by atoms with Crippen LogP contribution < -0.4 is 10.3 Å². The van der Waals surface area contributed by atoms with E-state index >= 15 is 0 Å². The number of carbonyl (C=O) groups excluding carboxylic acids is 2. The molecule has 134 valence electrons. The van der Waals surface area contributed by atoms with E-state index in [1.807, 2.05) is 27.7 Å². The van der Waals surface area contributed by atoms with Crippen molar-refractivity contribution in [2.45, 2.75) is 54.0 Å². The molecule has 0 atom stereocenters. The van der Waals surface area contributed by atoms with Crippen molar-refractivity contribution in [3.8, 4) is 5.75 Å². The highest BCUT2D eigenvalue weighted by atomic mass is 16.5. The number of hydrogen-bond donors (Lipinski definition) is 0. The minimum absolute atomic E-state index is 0.0707. The minimum Gasteiger partial charge on any atom is -0.490 e. The molecule has 7 heteroatoms. The van der Waals surface area contributed by atoms with Crippen molar-refractivity contribution in [3.05, 3.63) is 21.6 Å². The molecule has 7 nitrogen and oxygen atoms in total.